The first-order valence-corrected chi connectivity index (χ1v) is 7.87. The zero-order valence-corrected chi connectivity index (χ0v) is 13.7. The Morgan fingerprint density at radius 3 is 2.46 bits per heavy atom. The largest absolute Gasteiger partial charge is 0.478 e. The molecule has 4 aromatic rings. The zero-order chi connectivity index (χ0) is 18.4. The lowest BCUT2D eigenvalue weighted by Crippen LogP contribution is -2.06. The van der Waals surface area contributed by atoms with Crippen molar-refractivity contribution < 1.29 is 14.3 Å². The van der Waals surface area contributed by atoms with Crippen molar-refractivity contribution in [1.29, 1.82) is 0 Å². The fraction of sp³-hybridized carbons (Fsp3) is 0.0526. The average molecular weight is 351 g/mol. The van der Waals surface area contributed by atoms with E-state index in [9.17, 15) is 14.0 Å². The van der Waals surface area contributed by atoms with Crippen molar-refractivity contribution in [2.45, 2.75) is 0 Å². The fourth-order valence-corrected chi connectivity index (χ4v) is 3.07. The van der Waals surface area contributed by atoms with Gasteiger partial charge >= 0.3 is 5.97 Å². The molecule has 0 bridgehead atoms. The lowest BCUT2D eigenvalue weighted by atomic mass is 10.1. The Hall–Kier alpha value is -3.61. The van der Waals surface area contributed by atoms with Crippen LogP contribution in [0.15, 0.2) is 47.3 Å². The van der Waals surface area contributed by atoms with Crippen LogP contribution < -0.4 is 10.7 Å². The van der Waals surface area contributed by atoms with E-state index >= 15 is 0 Å². The molecule has 0 fully saturated rings. The van der Waals surface area contributed by atoms with Crippen LogP contribution in [0, 0.1) is 5.82 Å². The molecule has 0 saturated heterocycles. The summed E-state index contributed by atoms with van der Waals surface area (Å²) in [5, 5.41) is 12.1. The number of nitrogens with one attached hydrogen (secondary N) is 3. The summed E-state index contributed by atoms with van der Waals surface area (Å²) in [5.74, 6) is -1.50. The molecule has 0 atom stereocenters. The predicted octanol–water partition coefficient (Wildman–Crippen LogP) is 3.56. The third kappa shape index (κ3) is 2.41. The summed E-state index contributed by atoms with van der Waals surface area (Å²) in [4.78, 5) is 29.9. The van der Waals surface area contributed by atoms with Gasteiger partial charge in [0.15, 0.2) is 0 Å². The van der Waals surface area contributed by atoms with Gasteiger partial charge in [0.25, 0.3) is 0 Å². The molecule has 0 radical (unpaired) electrons. The number of H-pyrrole nitrogens is 2. The van der Waals surface area contributed by atoms with Crippen LogP contribution >= 0.6 is 0 Å². The van der Waals surface area contributed by atoms with Crippen LogP contribution in [-0.4, -0.2) is 28.1 Å². The molecule has 2 heterocycles. The molecule has 0 aliphatic heterocycles. The quantitative estimate of drug-likeness (QED) is 0.454. The Labute approximate surface area is 146 Å². The number of benzene rings is 2. The molecule has 2 aromatic heterocycles. The third-order valence-electron chi connectivity index (χ3n) is 4.36. The monoisotopic (exact) mass is 351 g/mol. The molecule has 0 amide bonds. The van der Waals surface area contributed by atoms with Crippen LogP contribution in [0.1, 0.15) is 10.4 Å². The van der Waals surface area contributed by atoms with Crippen molar-refractivity contribution in [3.05, 3.63) is 64.1 Å². The fourth-order valence-electron chi connectivity index (χ4n) is 3.07. The van der Waals surface area contributed by atoms with E-state index in [0.29, 0.717) is 27.9 Å². The number of halogens is 1. The minimum Gasteiger partial charge on any atom is -0.478 e. The van der Waals surface area contributed by atoms with Crippen molar-refractivity contribution in [3.63, 3.8) is 0 Å². The maximum atomic E-state index is 13.8. The molecule has 0 unspecified atom stereocenters. The summed E-state index contributed by atoms with van der Waals surface area (Å²) in [5.41, 5.74) is 3.21. The number of hydrogen-bond acceptors (Lipinski definition) is 3. The molecular weight excluding hydrogens is 337 g/mol. The molecule has 0 spiro atoms. The van der Waals surface area contributed by atoms with Crippen molar-refractivity contribution in [1.82, 2.24) is 9.97 Å². The highest BCUT2D eigenvalue weighted by molar-refractivity contribution is 5.98. The number of pyridine rings is 1. The van der Waals surface area contributed by atoms with Crippen molar-refractivity contribution >= 4 is 33.6 Å². The molecule has 4 rings (SSSR count). The standard InChI is InChI=1S/C19H14FN3O3/c1-21-14-7-11(20)6-12-16(14)23-15-8-13(22-17(15)18(12)24)9-2-4-10(5-3-9)19(25)26/h2-8,21-22H,1H3,(H,23,24)(H,25,26). The average Bonchev–Trinajstić information content (AvgIpc) is 3.06. The molecule has 0 aliphatic rings. The van der Waals surface area contributed by atoms with Crippen LogP contribution in [0.2, 0.25) is 0 Å². The lowest BCUT2D eigenvalue weighted by Gasteiger charge is -2.06. The molecule has 7 heteroatoms. The first-order chi connectivity index (χ1) is 12.5. The van der Waals surface area contributed by atoms with E-state index in [4.69, 9.17) is 5.11 Å². The van der Waals surface area contributed by atoms with Crippen LogP contribution in [0.5, 0.6) is 0 Å². The zero-order valence-electron chi connectivity index (χ0n) is 13.7. The number of aromatic amines is 2. The minimum atomic E-state index is -1.00. The second kappa shape index (κ2) is 5.73. The predicted molar refractivity (Wildman–Crippen MR) is 98.3 cm³/mol. The van der Waals surface area contributed by atoms with E-state index in [1.165, 1.54) is 24.3 Å². The van der Waals surface area contributed by atoms with E-state index in [1.807, 2.05) is 0 Å². The van der Waals surface area contributed by atoms with Crippen molar-refractivity contribution in [3.8, 4) is 11.3 Å². The van der Waals surface area contributed by atoms with Gasteiger partial charge < -0.3 is 20.4 Å². The Balaban J connectivity index is 1.94. The van der Waals surface area contributed by atoms with Gasteiger partial charge in [0.2, 0.25) is 5.43 Å². The van der Waals surface area contributed by atoms with E-state index in [-0.39, 0.29) is 16.4 Å². The number of carboxylic acids is 1. The molecule has 0 aliphatic carbocycles. The Morgan fingerprint density at radius 1 is 1.08 bits per heavy atom. The normalized spacial score (nSPS) is 11.2. The van der Waals surface area contributed by atoms with Crippen LogP contribution in [0.25, 0.3) is 33.2 Å². The number of carboxylic acid groups (broad SMARTS) is 1. The van der Waals surface area contributed by atoms with Crippen LogP contribution in [0.4, 0.5) is 10.1 Å². The topological polar surface area (TPSA) is 98.0 Å². The van der Waals surface area contributed by atoms with Crippen LogP contribution in [0.3, 0.4) is 0 Å². The highest BCUT2D eigenvalue weighted by Crippen LogP contribution is 2.27. The number of hydrogen-bond donors (Lipinski definition) is 4. The Morgan fingerprint density at radius 2 is 1.81 bits per heavy atom. The van der Waals surface area contributed by atoms with Gasteiger partial charge in [-0.15, -0.1) is 0 Å². The Bertz CT molecular complexity index is 1220. The first-order valence-electron chi connectivity index (χ1n) is 7.87. The van der Waals surface area contributed by atoms with E-state index in [0.717, 1.165) is 5.56 Å². The van der Waals surface area contributed by atoms with Gasteiger partial charge in [-0.05, 0) is 35.9 Å². The first kappa shape index (κ1) is 15.9. The van der Waals surface area contributed by atoms with E-state index in [1.54, 1.807) is 25.2 Å². The molecule has 6 nitrogen and oxygen atoms in total. The molecule has 2 aromatic carbocycles. The Kier molecular flexibility index (Phi) is 3.50. The maximum Gasteiger partial charge on any atom is 0.335 e. The van der Waals surface area contributed by atoms with Gasteiger partial charge in [0.05, 0.1) is 27.7 Å². The van der Waals surface area contributed by atoms with E-state index in [2.05, 4.69) is 15.3 Å². The maximum absolute atomic E-state index is 13.8. The summed E-state index contributed by atoms with van der Waals surface area (Å²) in [6, 6.07) is 10.6. The number of fused-ring (bicyclic) bond motifs is 2. The van der Waals surface area contributed by atoms with Gasteiger partial charge in [-0.1, -0.05) is 12.1 Å². The SMILES string of the molecule is CNc1cc(F)cc2c(=O)c3[nH]c(-c4ccc(C(=O)O)cc4)cc3[nH]c12. The molecule has 4 N–H and O–H groups in total. The smallest absolute Gasteiger partial charge is 0.335 e. The van der Waals surface area contributed by atoms with Crippen molar-refractivity contribution in [2.75, 3.05) is 12.4 Å². The molecule has 130 valence electrons. The molecule has 0 saturated carbocycles. The number of aromatic carboxylic acids is 1. The van der Waals surface area contributed by atoms with E-state index < -0.39 is 11.8 Å². The van der Waals surface area contributed by atoms with Crippen molar-refractivity contribution in [2.24, 2.45) is 0 Å². The highest BCUT2D eigenvalue weighted by atomic mass is 19.1. The van der Waals surface area contributed by atoms with Gasteiger partial charge in [0, 0.05) is 12.7 Å². The number of aromatic nitrogens is 2. The number of anilines is 1. The molecule has 26 heavy (non-hydrogen) atoms. The second-order valence-corrected chi connectivity index (χ2v) is 5.93. The van der Waals surface area contributed by atoms with Gasteiger partial charge in [-0.3, -0.25) is 4.79 Å². The number of carbonyl (C=O) groups is 1. The minimum absolute atomic E-state index is 0.181. The van der Waals surface area contributed by atoms with Gasteiger partial charge in [0.1, 0.15) is 11.3 Å². The summed E-state index contributed by atoms with van der Waals surface area (Å²) in [6.07, 6.45) is 0. The lowest BCUT2D eigenvalue weighted by molar-refractivity contribution is 0.0697. The highest BCUT2D eigenvalue weighted by Gasteiger charge is 2.13. The van der Waals surface area contributed by atoms with Gasteiger partial charge in [-0.2, -0.15) is 0 Å². The van der Waals surface area contributed by atoms with Crippen LogP contribution in [-0.2, 0) is 0 Å². The summed E-state index contributed by atoms with van der Waals surface area (Å²) in [7, 11) is 1.66. The summed E-state index contributed by atoms with van der Waals surface area (Å²) < 4.78 is 13.8. The van der Waals surface area contributed by atoms with Gasteiger partial charge in [-0.25, -0.2) is 9.18 Å². The number of rotatable bonds is 3. The summed E-state index contributed by atoms with van der Waals surface area (Å²) >= 11 is 0. The second-order valence-electron chi connectivity index (χ2n) is 5.93. The molecular formula is C19H14FN3O3. The third-order valence-corrected chi connectivity index (χ3v) is 4.36. The summed E-state index contributed by atoms with van der Waals surface area (Å²) in [6.45, 7) is 0.